The number of nitriles is 1. The third-order valence-corrected chi connectivity index (χ3v) is 11.2. The maximum absolute atomic E-state index is 12.9. The molecule has 0 heterocycles. The van der Waals surface area contributed by atoms with Crippen LogP contribution in [0.5, 0.6) is 34.5 Å². The number of benzene rings is 5. The molecule has 12 heteroatoms. The van der Waals surface area contributed by atoms with Crippen molar-refractivity contribution >= 4 is 23.1 Å². The van der Waals surface area contributed by atoms with E-state index >= 15 is 0 Å². The summed E-state index contributed by atoms with van der Waals surface area (Å²) < 4.78 is 40.4. The molecule has 0 fully saturated rings. The van der Waals surface area contributed by atoms with Gasteiger partial charge in [-0.05, 0) is 174 Å². The van der Waals surface area contributed by atoms with E-state index in [-0.39, 0.29) is 5.78 Å². The van der Waals surface area contributed by atoms with Gasteiger partial charge in [-0.3, -0.25) is 4.79 Å². The van der Waals surface area contributed by atoms with Crippen molar-refractivity contribution in [3.05, 3.63) is 132 Å². The molecular weight excluding hydrogens is 871 g/mol. The van der Waals surface area contributed by atoms with Crippen LogP contribution in [0.1, 0.15) is 136 Å². The molecule has 0 aliphatic rings. The highest BCUT2D eigenvalue weighted by Crippen LogP contribution is 2.27. The second-order valence-electron chi connectivity index (χ2n) is 16.9. The molecule has 0 aliphatic heterocycles. The molecule has 5 aromatic carbocycles. The SMILES string of the molecule is COCCCCCCCCOc1ccc(Oc2ccc(OCCCCCCCCOC(=O)c3cc(OCCCCCCOc4ccc(N=Nc5ccc(C#N)cc5)cc4)cc(C(C)=O)c3)cc2)cc1. The van der Waals surface area contributed by atoms with Gasteiger partial charge in [-0.15, -0.1) is 0 Å². The van der Waals surface area contributed by atoms with E-state index in [1.54, 1.807) is 49.6 Å². The molecule has 69 heavy (non-hydrogen) atoms. The number of carbonyl (C=O) groups excluding carboxylic acids is 2. The summed E-state index contributed by atoms with van der Waals surface area (Å²) in [5.74, 6) is 3.82. The molecule has 0 atom stereocenters. The van der Waals surface area contributed by atoms with E-state index in [4.69, 9.17) is 38.4 Å². The van der Waals surface area contributed by atoms with E-state index in [0.717, 1.165) is 119 Å². The van der Waals surface area contributed by atoms with Crippen LogP contribution in [0.3, 0.4) is 0 Å². The second-order valence-corrected chi connectivity index (χ2v) is 16.9. The lowest BCUT2D eigenvalue weighted by molar-refractivity contribution is 0.0497. The predicted molar refractivity (Wildman–Crippen MR) is 269 cm³/mol. The zero-order valence-electron chi connectivity index (χ0n) is 40.5. The number of ketones is 1. The Morgan fingerprint density at radius 2 is 0.797 bits per heavy atom. The Bertz CT molecular complexity index is 2290. The first-order valence-electron chi connectivity index (χ1n) is 24.6. The van der Waals surface area contributed by atoms with Gasteiger partial charge in [0.15, 0.2) is 5.78 Å². The monoisotopic (exact) mass is 940 g/mol. The van der Waals surface area contributed by atoms with Crippen molar-refractivity contribution in [2.75, 3.05) is 46.8 Å². The molecule has 0 radical (unpaired) electrons. The topological polar surface area (TPSA) is 147 Å². The highest BCUT2D eigenvalue weighted by atomic mass is 16.5. The molecule has 366 valence electrons. The molecule has 0 aromatic heterocycles. The van der Waals surface area contributed by atoms with Gasteiger partial charge < -0.3 is 33.2 Å². The van der Waals surface area contributed by atoms with Crippen LogP contribution in [-0.4, -0.2) is 58.5 Å². The third kappa shape index (κ3) is 21.9. The van der Waals surface area contributed by atoms with Crippen LogP contribution in [0.4, 0.5) is 11.4 Å². The fourth-order valence-corrected chi connectivity index (χ4v) is 7.21. The minimum atomic E-state index is -0.456. The predicted octanol–water partition coefficient (Wildman–Crippen LogP) is 14.9. The zero-order valence-corrected chi connectivity index (χ0v) is 40.5. The Morgan fingerprint density at radius 1 is 0.435 bits per heavy atom. The van der Waals surface area contributed by atoms with Gasteiger partial charge in [-0.1, -0.05) is 51.4 Å². The van der Waals surface area contributed by atoms with Crippen molar-refractivity contribution in [1.29, 1.82) is 5.26 Å². The van der Waals surface area contributed by atoms with E-state index in [2.05, 4.69) is 16.3 Å². The molecule has 5 rings (SSSR count). The lowest BCUT2D eigenvalue weighted by atomic mass is 10.1. The summed E-state index contributed by atoms with van der Waals surface area (Å²) in [5, 5.41) is 17.4. The Morgan fingerprint density at radius 3 is 1.23 bits per heavy atom. The van der Waals surface area contributed by atoms with E-state index < -0.39 is 5.97 Å². The summed E-state index contributed by atoms with van der Waals surface area (Å²) in [6.07, 6.45) is 16.6. The number of hydrogen-bond donors (Lipinski definition) is 0. The Kier molecular flexibility index (Phi) is 24.8. The minimum Gasteiger partial charge on any atom is -0.494 e. The van der Waals surface area contributed by atoms with Crippen LogP contribution in [0.2, 0.25) is 0 Å². The summed E-state index contributed by atoms with van der Waals surface area (Å²) in [7, 11) is 1.75. The molecule has 12 nitrogen and oxygen atoms in total. The number of nitrogens with zero attached hydrogens (tertiary/aromatic N) is 3. The molecule has 0 amide bonds. The highest BCUT2D eigenvalue weighted by Gasteiger charge is 2.13. The number of ether oxygens (including phenoxy) is 7. The van der Waals surface area contributed by atoms with Crippen LogP contribution < -0.4 is 23.7 Å². The van der Waals surface area contributed by atoms with E-state index in [9.17, 15) is 9.59 Å². The Balaban J connectivity index is 0.856. The number of methoxy groups -OCH3 is 1. The number of Topliss-reactive ketones (excluding diaryl/α,β-unsaturated/α-hetero) is 1. The summed E-state index contributed by atoms with van der Waals surface area (Å²) in [6.45, 7) is 5.07. The van der Waals surface area contributed by atoms with Gasteiger partial charge in [0.25, 0.3) is 0 Å². The highest BCUT2D eigenvalue weighted by molar-refractivity contribution is 5.98. The second kappa shape index (κ2) is 32.1. The Labute approximate surface area is 408 Å². The first kappa shape index (κ1) is 53.2. The standard InChI is InChI=1S/C57H69N3O9/c1-45(61)47-41-48(43-56(42-47)67-39-17-12-11-16-38-64-51-25-23-50(24-26-51)60-59-49-21-19-46(44-58)20-22-49)57(62)68-40-18-10-6-5-9-15-37-66-53-29-33-55(34-30-53)69-54-31-27-52(28-32-54)65-36-14-8-4-3-7-13-35-63-2/h19-34,41-43H,3-18,35-40H2,1-2H3. The quantitative estimate of drug-likeness (QED) is 0.0166. The van der Waals surface area contributed by atoms with Crippen molar-refractivity contribution in [3.8, 4) is 40.6 Å². The smallest absolute Gasteiger partial charge is 0.338 e. The molecule has 5 aromatic rings. The largest absolute Gasteiger partial charge is 0.494 e. The van der Waals surface area contributed by atoms with Gasteiger partial charge in [-0.2, -0.15) is 15.5 Å². The number of hydrogen-bond acceptors (Lipinski definition) is 12. The zero-order chi connectivity index (χ0) is 48.6. The van der Waals surface area contributed by atoms with Gasteiger partial charge in [0.2, 0.25) is 0 Å². The number of esters is 1. The third-order valence-electron chi connectivity index (χ3n) is 11.2. The van der Waals surface area contributed by atoms with Gasteiger partial charge in [0, 0.05) is 19.3 Å². The van der Waals surface area contributed by atoms with Crippen molar-refractivity contribution < 1.29 is 42.7 Å². The van der Waals surface area contributed by atoms with E-state index in [1.807, 2.05) is 72.8 Å². The van der Waals surface area contributed by atoms with Crippen molar-refractivity contribution in [2.24, 2.45) is 10.2 Å². The van der Waals surface area contributed by atoms with Gasteiger partial charge in [-0.25, -0.2) is 4.79 Å². The molecule has 0 unspecified atom stereocenters. The first-order valence-corrected chi connectivity index (χ1v) is 24.6. The summed E-state index contributed by atoms with van der Waals surface area (Å²) in [4.78, 5) is 25.2. The summed E-state index contributed by atoms with van der Waals surface area (Å²) in [5.41, 5.74) is 2.70. The van der Waals surface area contributed by atoms with Crippen LogP contribution in [-0.2, 0) is 9.47 Å². The fraction of sp³-hybridized carbons (Fsp3) is 0.421. The lowest BCUT2D eigenvalue weighted by Crippen LogP contribution is -2.09. The Hall–Kier alpha value is -6.71. The van der Waals surface area contributed by atoms with Crippen LogP contribution in [0.25, 0.3) is 0 Å². The van der Waals surface area contributed by atoms with Crippen molar-refractivity contribution in [3.63, 3.8) is 0 Å². The van der Waals surface area contributed by atoms with Crippen LogP contribution in [0, 0.1) is 11.3 Å². The van der Waals surface area contributed by atoms with Crippen LogP contribution in [0.15, 0.2) is 125 Å². The molecule has 0 N–H and O–H groups in total. The van der Waals surface area contributed by atoms with Gasteiger partial charge >= 0.3 is 5.97 Å². The molecule has 0 aliphatic carbocycles. The van der Waals surface area contributed by atoms with Gasteiger partial charge in [0.1, 0.15) is 34.5 Å². The average Bonchev–Trinajstić information content (AvgIpc) is 3.37. The first-order chi connectivity index (χ1) is 33.9. The molecule has 0 saturated carbocycles. The number of carbonyl (C=O) groups is 2. The fourth-order valence-electron chi connectivity index (χ4n) is 7.21. The minimum absolute atomic E-state index is 0.143. The maximum Gasteiger partial charge on any atom is 0.338 e. The van der Waals surface area contributed by atoms with Gasteiger partial charge in [0.05, 0.1) is 61.6 Å². The van der Waals surface area contributed by atoms with Crippen molar-refractivity contribution in [2.45, 2.75) is 110 Å². The molecule has 0 bridgehead atoms. The molecule has 0 spiro atoms. The normalized spacial score (nSPS) is 11.0. The van der Waals surface area contributed by atoms with E-state index in [0.29, 0.717) is 60.2 Å². The lowest BCUT2D eigenvalue weighted by Gasteiger charge is -2.11. The molecule has 0 saturated heterocycles. The number of azo groups is 1. The average molecular weight is 940 g/mol. The number of rotatable bonds is 35. The summed E-state index contributed by atoms with van der Waals surface area (Å²) in [6, 6.07) is 36.8. The van der Waals surface area contributed by atoms with E-state index in [1.165, 1.54) is 32.6 Å². The van der Waals surface area contributed by atoms with Crippen molar-refractivity contribution in [1.82, 2.24) is 0 Å². The number of unbranched alkanes of at least 4 members (excludes halogenated alkanes) is 13. The van der Waals surface area contributed by atoms with Crippen LogP contribution >= 0.6 is 0 Å². The molecular formula is C57H69N3O9. The summed E-state index contributed by atoms with van der Waals surface area (Å²) >= 11 is 0. The maximum atomic E-state index is 12.9.